The lowest BCUT2D eigenvalue weighted by Gasteiger charge is -2.34. The number of esters is 1. The zero-order chi connectivity index (χ0) is 23.3. The summed E-state index contributed by atoms with van der Waals surface area (Å²) in [7, 11) is -2.52. The summed E-state index contributed by atoms with van der Waals surface area (Å²) in [5.74, 6) is -0.835. The second-order valence-corrected chi connectivity index (χ2v) is 9.80. The lowest BCUT2D eigenvalue weighted by molar-refractivity contribution is -0.143. The quantitative estimate of drug-likeness (QED) is 0.552. The van der Waals surface area contributed by atoms with Gasteiger partial charge in [-0.15, -0.1) is 0 Å². The van der Waals surface area contributed by atoms with Gasteiger partial charge >= 0.3 is 5.97 Å². The van der Waals surface area contributed by atoms with Crippen LogP contribution in [-0.4, -0.2) is 61.4 Å². The minimum atomic E-state index is -3.83. The van der Waals surface area contributed by atoms with Crippen LogP contribution in [0.5, 0.6) is 0 Å². The number of aromatic nitrogens is 1. The highest BCUT2D eigenvalue weighted by atomic mass is 32.2. The first-order chi connectivity index (χ1) is 15.2. The predicted molar refractivity (Wildman–Crippen MR) is 116 cm³/mol. The Morgan fingerprint density at radius 3 is 2.59 bits per heavy atom. The van der Waals surface area contributed by atoms with Crippen molar-refractivity contribution in [1.29, 1.82) is 0 Å². The van der Waals surface area contributed by atoms with Crippen LogP contribution in [-0.2, 0) is 30.9 Å². The number of nitrogens with zero attached hydrogens (tertiary/aromatic N) is 3. The van der Waals surface area contributed by atoms with E-state index in [4.69, 9.17) is 9.26 Å². The average Bonchev–Trinajstić information content (AvgIpc) is 3.15. The van der Waals surface area contributed by atoms with Crippen molar-refractivity contribution in [2.45, 2.75) is 44.6 Å². The molecule has 2 aromatic rings. The number of carbonyl (C=O) groups excluding carboxylic acids is 2. The van der Waals surface area contributed by atoms with Crippen molar-refractivity contribution in [1.82, 2.24) is 14.4 Å². The number of amides is 1. The van der Waals surface area contributed by atoms with E-state index in [0.29, 0.717) is 31.6 Å². The predicted octanol–water partition coefficient (Wildman–Crippen LogP) is 2.28. The van der Waals surface area contributed by atoms with E-state index in [-0.39, 0.29) is 36.1 Å². The molecule has 1 aliphatic rings. The first kappa shape index (κ1) is 23.9. The molecule has 10 heteroatoms. The van der Waals surface area contributed by atoms with Gasteiger partial charge in [-0.05, 0) is 32.3 Å². The third kappa shape index (κ3) is 5.36. The van der Waals surface area contributed by atoms with Gasteiger partial charge in [0.15, 0.2) is 5.76 Å². The Morgan fingerprint density at radius 1 is 1.25 bits per heavy atom. The molecule has 1 aliphatic heterocycles. The molecule has 1 aromatic heterocycles. The normalized spacial score (nSPS) is 17.2. The van der Waals surface area contributed by atoms with Crippen LogP contribution in [0.1, 0.15) is 36.3 Å². The van der Waals surface area contributed by atoms with Crippen LogP contribution < -0.4 is 0 Å². The van der Waals surface area contributed by atoms with Crippen LogP contribution in [0.25, 0.3) is 0 Å². The number of aryl methyl sites for hydroxylation is 2. The minimum Gasteiger partial charge on any atom is -0.469 e. The van der Waals surface area contributed by atoms with Gasteiger partial charge in [0, 0.05) is 26.2 Å². The maximum absolute atomic E-state index is 13.4. The molecule has 1 amide bonds. The summed E-state index contributed by atoms with van der Waals surface area (Å²) >= 11 is 0. The Kier molecular flexibility index (Phi) is 7.68. The number of sulfonamides is 1. The summed E-state index contributed by atoms with van der Waals surface area (Å²) in [5, 5.41) is 3.76. The van der Waals surface area contributed by atoms with E-state index < -0.39 is 21.9 Å². The average molecular weight is 464 g/mol. The number of ether oxygens (including phenoxy) is 1. The maximum Gasteiger partial charge on any atom is 0.307 e. The van der Waals surface area contributed by atoms with Gasteiger partial charge in [0.05, 0.1) is 19.4 Å². The molecule has 0 aliphatic carbocycles. The van der Waals surface area contributed by atoms with Gasteiger partial charge < -0.3 is 14.2 Å². The monoisotopic (exact) mass is 463 g/mol. The highest BCUT2D eigenvalue weighted by Gasteiger charge is 2.37. The molecule has 1 atom stereocenters. The van der Waals surface area contributed by atoms with Gasteiger partial charge in [-0.1, -0.05) is 35.5 Å². The third-order valence-electron chi connectivity index (χ3n) is 5.64. The van der Waals surface area contributed by atoms with Crippen molar-refractivity contribution in [3.05, 3.63) is 47.3 Å². The second-order valence-electron chi connectivity index (χ2n) is 7.93. The molecular formula is C22H29N3O6S. The van der Waals surface area contributed by atoms with Gasteiger partial charge in [-0.25, -0.2) is 8.42 Å². The largest absolute Gasteiger partial charge is 0.469 e. The van der Waals surface area contributed by atoms with E-state index in [1.807, 2.05) is 30.3 Å². The third-order valence-corrected chi connectivity index (χ3v) is 7.75. The van der Waals surface area contributed by atoms with Crippen molar-refractivity contribution in [3.8, 4) is 0 Å². The molecule has 0 spiro atoms. The summed E-state index contributed by atoms with van der Waals surface area (Å²) in [6, 6.07) is 9.48. The Balaban J connectivity index is 1.78. The molecule has 0 radical (unpaired) electrons. The van der Waals surface area contributed by atoms with Crippen molar-refractivity contribution in [3.63, 3.8) is 0 Å². The fourth-order valence-corrected chi connectivity index (χ4v) is 5.81. The van der Waals surface area contributed by atoms with Crippen molar-refractivity contribution >= 4 is 21.9 Å². The molecule has 1 fully saturated rings. The summed E-state index contributed by atoms with van der Waals surface area (Å²) in [6.45, 7) is 4.10. The summed E-state index contributed by atoms with van der Waals surface area (Å²) in [6.07, 6.45) is 1.22. The maximum atomic E-state index is 13.4. The first-order valence-electron chi connectivity index (χ1n) is 10.6. The highest BCUT2D eigenvalue weighted by Crippen LogP contribution is 2.28. The van der Waals surface area contributed by atoms with Gasteiger partial charge in [-0.2, -0.15) is 4.31 Å². The SMILES string of the molecule is COC(=O)CCN(Cc1ccccc1)C(=O)C1CCCN(S(=O)(=O)c2c(C)noc2C)C1. The van der Waals surface area contributed by atoms with Crippen molar-refractivity contribution < 1.29 is 27.3 Å². The Morgan fingerprint density at radius 2 is 1.97 bits per heavy atom. The fraction of sp³-hybridized carbons (Fsp3) is 0.500. The first-order valence-corrected chi connectivity index (χ1v) is 12.0. The molecule has 1 aromatic carbocycles. The number of rotatable bonds is 8. The van der Waals surface area contributed by atoms with Gasteiger partial charge in [0.25, 0.3) is 0 Å². The Hall–Kier alpha value is -2.72. The second kappa shape index (κ2) is 10.3. The fourth-order valence-electron chi connectivity index (χ4n) is 3.99. The topological polar surface area (TPSA) is 110 Å². The number of hydrogen-bond acceptors (Lipinski definition) is 7. The van der Waals surface area contributed by atoms with Gasteiger partial charge in [-0.3, -0.25) is 9.59 Å². The van der Waals surface area contributed by atoms with E-state index in [9.17, 15) is 18.0 Å². The van der Waals surface area contributed by atoms with Crippen LogP contribution >= 0.6 is 0 Å². The number of piperidine rings is 1. The summed E-state index contributed by atoms with van der Waals surface area (Å²) in [4.78, 5) is 26.8. The molecule has 0 bridgehead atoms. The molecule has 1 unspecified atom stereocenters. The molecule has 2 heterocycles. The van der Waals surface area contributed by atoms with Crippen LogP contribution in [0.4, 0.5) is 0 Å². The van der Waals surface area contributed by atoms with Gasteiger partial charge in [0.1, 0.15) is 10.6 Å². The lowest BCUT2D eigenvalue weighted by atomic mass is 9.97. The standard InChI is InChI=1S/C22H29N3O6S/c1-16-21(17(2)31-23-16)32(28,29)25-12-7-10-19(15-25)22(27)24(13-11-20(26)30-3)14-18-8-5-4-6-9-18/h4-6,8-9,19H,7,10-15H2,1-3H3. The van der Waals surface area contributed by atoms with E-state index in [1.54, 1.807) is 18.7 Å². The van der Waals surface area contributed by atoms with Crippen molar-refractivity contribution in [2.24, 2.45) is 5.92 Å². The van der Waals surface area contributed by atoms with Crippen LogP contribution in [0.2, 0.25) is 0 Å². The molecule has 0 saturated carbocycles. The zero-order valence-corrected chi connectivity index (χ0v) is 19.4. The highest BCUT2D eigenvalue weighted by molar-refractivity contribution is 7.89. The zero-order valence-electron chi connectivity index (χ0n) is 18.6. The smallest absolute Gasteiger partial charge is 0.307 e. The Bertz CT molecular complexity index is 1030. The molecule has 3 rings (SSSR count). The Labute approximate surface area is 188 Å². The minimum absolute atomic E-state index is 0.0671. The number of hydrogen-bond donors (Lipinski definition) is 0. The summed E-state index contributed by atoms with van der Waals surface area (Å²) < 4.78 is 37.5. The van der Waals surface area contributed by atoms with Crippen LogP contribution in [0.3, 0.4) is 0 Å². The molecule has 9 nitrogen and oxygen atoms in total. The van der Waals surface area contributed by atoms with Crippen LogP contribution in [0, 0.1) is 19.8 Å². The molecule has 32 heavy (non-hydrogen) atoms. The molecule has 1 saturated heterocycles. The van der Waals surface area contributed by atoms with Crippen LogP contribution in [0.15, 0.2) is 39.8 Å². The summed E-state index contributed by atoms with van der Waals surface area (Å²) in [5.41, 5.74) is 1.24. The number of benzene rings is 1. The molecular weight excluding hydrogens is 434 g/mol. The van der Waals surface area contributed by atoms with E-state index in [0.717, 1.165) is 5.56 Å². The molecule has 174 valence electrons. The van der Waals surface area contributed by atoms with E-state index >= 15 is 0 Å². The lowest BCUT2D eigenvalue weighted by Crippen LogP contribution is -2.47. The van der Waals surface area contributed by atoms with E-state index in [1.165, 1.54) is 11.4 Å². The molecule has 0 N–H and O–H groups in total. The van der Waals surface area contributed by atoms with Gasteiger partial charge in [0.2, 0.25) is 15.9 Å². The number of methoxy groups -OCH3 is 1. The number of carbonyl (C=O) groups is 2. The van der Waals surface area contributed by atoms with Crippen molar-refractivity contribution in [2.75, 3.05) is 26.7 Å². The van der Waals surface area contributed by atoms with E-state index in [2.05, 4.69) is 5.16 Å².